The van der Waals surface area contributed by atoms with Crippen LogP contribution < -0.4 is 5.32 Å². The molecule has 2 saturated heterocycles. The first-order chi connectivity index (χ1) is 17.2. The second kappa shape index (κ2) is 13.7. The maximum atomic E-state index is 13.4. The van der Waals surface area contributed by atoms with Crippen molar-refractivity contribution in [3.8, 4) is 0 Å². The highest BCUT2D eigenvalue weighted by atomic mass is 35.5. The largest absolute Gasteiger partial charge is 0.348 e. The zero-order chi connectivity index (χ0) is 25.8. The summed E-state index contributed by atoms with van der Waals surface area (Å²) in [5, 5.41) is 3.10. The Balaban J connectivity index is 0.00000253. The average molecular weight is 586 g/mol. The fourth-order valence-corrected chi connectivity index (χ4v) is 5.89. The molecule has 1 aromatic heterocycles. The minimum absolute atomic E-state index is 0. The molecule has 2 aliphatic heterocycles. The predicted molar refractivity (Wildman–Crippen MR) is 152 cm³/mol. The van der Waals surface area contributed by atoms with Gasteiger partial charge in [0.1, 0.15) is 0 Å². The van der Waals surface area contributed by atoms with E-state index in [9.17, 15) is 18.0 Å². The second-order valence-corrected chi connectivity index (χ2v) is 12.0. The molecule has 0 radical (unpaired) electrons. The van der Waals surface area contributed by atoms with Gasteiger partial charge in [0.25, 0.3) is 0 Å². The molecule has 210 valence electrons. The molecule has 2 aliphatic rings. The highest BCUT2D eigenvalue weighted by molar-refractivity contribution is 7.90. The number of halogens is 2. The summed E-state index contributed by atoms with van der Waals surface area (Å²) in [4.78, 5) is 34.5. The molecule has 38 heavy (non-hydrogen) atoms. The maximum absolute atomic E-state index is 13.4. The molecule has 1 unspecified atom stereocenters. The van der Waals surface area contributed by atoms with Gasteiger partial charge < -0.3 is 15.1 Å². The van der Waals surface area contributed by atoms with Gasteiger partial charge in [-0.2, -0.15) is 0 Å². The van der Waals surface area contributed by atoms with Crippen LogP contribution in [0.3, 0.4) is 0 Å². The monoisotopic (exact) mass is 584 g/mol. The highest BCUT2D eigenvalue weighted by Gasteiger charge is 2.47. The van der Waals surface area contributed by atoms with Crippen LogP contribution in [0, 0.1) is 5.41 Å². The van der Waals surface area contributed by atoms with Gasteiger partial charge in [-0.1, -0.05) is 25.1 Å². The molecular weight excluding hydrogens is 547 g/mol. The zero-order valence-corrected chi connectivity index (χ0v) is 24.4. The molecule has 1 aromatic carbocycles. The molecule has 0 aliphatic carbocycles. The van der Waals surface area contributed by atoms with Crippen LogP contribution in [0.2, 0.25) is 0 Å². The normalized spacial score (nSPS) is 17.9. The Kier molecular flexibility index (Phi) is 11.6. The van der Waals surface area contributed by atoms with Crippen molar-refractivity contribution in [2.75, 3.05) is 32.4 Å². The van der Waals surface area contributed by atoms with Crippen LogP contribution in [0.15, 0.2) is 53.6 Å². The van der Waals surface area contributed by atoms with Crippen LogP contribution in [0.25, 0.3) is 0 Å². The molecule has 3 heterocycles. The molecule has 1 N–H and O–H groups in total. The Morgan fingerprint density at radius 2 is 1.71 bits per heavy atom. The number of sulfone groups is 1. The van der Waals surface area contributed by atoms with E-state index in [4.69, 9.17) is 0 Å². The van der Waals surface area contributed by atoms with Gasteiger partial charge in [-0.25, -0.2) is 8.42 Å². The summed E-state index contributed by atoms with van der Waals surface area (Å²) in [7, 11) is -3.23. The topological polar surface area (TPSA) is 99.7 Å². The Morgan fingerprint density at radius 1 is 1.05 bits per heavy atom. The predicted octanol–water partition coefficient (Wildman–Crippen LogP) is 3.80. The van der Waals surface area contributed by atoms with Gasteiger partial charge in [-0.3, -0.25) is 14.6 Å². The molecule has 2 amide bonds. The molecule has 4 rings (SSSR count). The number of hydrogen-bond acceptors (Lipinski definition) is 6. The minimum Gasteiger partial charge on any atom is -0.348 e. The number of aromatic nitrogens is 1. The van der Waals surface area contributed by atoms with Crippen molar-refractivity contribution < 1.29 is 18.0 Å². The van der Waals surface area contributed by atoms with Crippen molar-refractivity contribution >= 4 is 46.5 Å². The quantitative estimate of drug-likeness (QED) is 0.481. The fraction of sp³-hybridized carbons (Fsp3) is 0.519. The van der Waals surface area contributed by atoms with Gasteiger partial charge in [0.2, 0.25) is 11.8 Å². The molecule has 1 spiro atoms. The summed E-state index contributed by atoms with van der Waals surface area (Å²) >= 11 is 0. The van der Waals surface area contributed by atoms with Gasteiger partial charge in [0.15, 0.2) is 9.84 Å². The van der Waals surface area contributed by atoms with Crippen LogP contribution >= 0.6 is 24.8 Å². The first-order valence-electron chi connectivity index (χ1n) is 12.7. The van der Waals surface area contributed by atoms with Crippen LogP contribution in [0.4, 0.5) is 0 Å². The number of benzene rings is 1. The summed E-state index contributed by atoms with van der Waals surface area (Å²) in [6, 6.07) is 12.5. The number of amides is 2. The van der Waals surface area contributed by atoms with Crippen molar-refractivity contribution in [3.05, 3.63) is 59.9 Å². The minimum atomic E-state index is -3.23. The van der Waals surface area contributed by atoms with Crippen LogP contribution in [-0.2, 0) is 26.0 Å². The molecule has 0 bridgehead atoms. The van der Waals surface area contributed by atoms with Crippen molar-refractivity contribution in [3.63, 3.8) is 0 Å². The van der Waals surface area contributed by atoms with E-state index in [-0.39, 0.29) is 48.1 Å². The number of nitrogens with one attached hydrogen (secondary N) is 1. The van der Waals surface area contributed by atoms with E-state index in [2.05, 4.69) is 15.2 Å². The summed E-state index contributed by atoms with van der Waals surface area (Å²) in [5.41, 5.74) is 1.53. The van der Waals surface area contributed by atoms with Gasteiger partial charge >= 0.3 is 0 Å². The Labute approximate surface area is 238 Å². The van der Waals surface area contributed by atoms with E-state index >= 15 is 0 Å². The number of pyridine rings is 1. The SMILES string of the molecule is CCC(=O)NC(CCN1CCC2(CC1)CCN(Cc1ccc(S(C)(=O)=O)cc1)C2=O)c1ccccn1.Cl.Cl. The fourth-order valence-electron chi connectivity index (χ4n) is 5.26. The number of piperidine rings is 1. The van der Waals surface area contributed by atoms with E-state index in [0.29, 0.717) is 17.9 Å². The molecular formula is C27H38Cl2N4O4S. The van der Waals surface area contributed by atoms with E-state index in [1.165, 1.54) is 6.26 Å². The van der Waals surface area contributed by atoms with E-state index in [1.807, 2.05) is 30.0 Å². The second-order valence-electron chi connectivity index (χ2n) is 10.0. The third-order valence-corrected chi connectivity index (χ3v) is 8.70. The summed E-state index contributed by atoms with van der Waals surface area (Å²) in [6.07, 6.45) is 6.71. The van der Waals surface area contributed by atoms with Gasteiger partial charge in [-0.05, 0) is 68.6 Å². The van der Waals surface area contributed by atoms with Crippen molar-refractivity contribution in [1.82, 2.24) is 20.1 Å². The average Bonchev–Trinajstić information content (AvgIpc) is 3.17. The van der Waals surface area contributed by atoms with Gasteiger partial charge in [0.05, 0.1) is 22.0 Å². The van der Waals surface area contributed by atoms with Crippen molar-refractivity contribution in [2.24, 2.45) is 5.41 Å². The van der Waals surface area contributed by atoms with Gasteiger partial charge in [-0.15, -0.1) is 24.8 Å². The first kappa shape index (κ1) is 32.0. The lowest BCUT2D eigenvalue weighted by Gasteiger charge is -2.38. The number of hydrogen-bond donors (Lipinski definition) is 1. The van der Waals surface area contributed by atoms with Crippen LogP contribution in [0.1, 0.15) is 56.3 Å². The molecule has 11 heteroatoms. The van der Waals surface area contributed by atoms with E-state index in [1.54, 1.807) is 30.5 Å². The van der Waals surface area contributed by atoms with Crippen molar-refractivity contribution in [1.29, 1.82) is 0 Å². The zero-order valence-electron chi connectivity index (χ0n) is 22.0. The summed E-state index contributed by atoms with van der Waals surface area (Å²) in [6.45, 7) is 5.65. The Bertz CT molecular complexity index is 1170. The highest BCUT2D eigenvalue weighted by Crippen LogP contribution is 2.42. The lowest BCUT2D eigenvalue weighted by molar-refractivity contribution is -0.139. The molecule has 1 atom stereocenters. The third kappa shape index (κ3) is 7.68. The smallest absolute Gasteiger partial charge is 0.229 e. The number of nitrogens with zero attached hydrogens (tertiary/aromatic N) is 3. The summed E-state index contributed by atoms with van der Waals surface area (Å²) < 4.78 is 23.4. The number of carbonyl (C=O) groups is 2. The van der Waals surface area contributed by atoms with E-state index in [0.717, 1.165) is 63.1 Å². The Hall–Kier alpha value is -2.20. The lowest BCUT2D eigenvalue weighted by Crippen LogP contribution is -2.45. The van der Waals surface area contributed by atoms with Crippen LogP contribution in [0.5, 0.6) is 0 Å². The molecule has 2 fully saturated rings. The van der Waals surface area contributed by atoms with Crippen molar-refractivity contribution in [2.45, 2.75) is 56.5 Å². The molecule has 0 saturated carbocycles. The maximum Gasteiger partial charge on any atom is 0.229 e. The third-order valence-electron chi connectivity index (χ3n) is 7.57. The standard InChI is InChI=1S/C27H36N4O4S.2ClH/c1-3-25(32)29-24(23-6-4-5-15-28-23)11-16-30-17-12-27(13-18-30)14-19-31(26(27)33)20-21-7-9-22(10-8-21)36(2,34)35;;/h4-10,15,24H,3,11-14,16-20H2,1-2H3,(H,29,32);2*1H. The summed E-state index contributed by atoms with van der Waals surface area (Å²) in [5.74, 6) is 0.238. The van der Waals surface area contributed by atoms with E-state index < -0.39 is 9.84 Å². The number of likely N-dealkylation sites (tertiary alicyclic amines) is 2. The van der Waals surface area contributed by atoms with Crippen LogP contribution in [-0.4, -0.2) is 67.5 Å². The number of rotatable bonds is 9. The lowest BCUT2D eigenvalue weighted by atomic mass is 9.77. The van der Waals surface area contributed by atoms with Gasteiger partial charge in [0, 0.05) is 38.5 Å². The molecule has 8 nitrogen and oxygen atoms in total. The molecule has 2 aromatic rings. The number of carbonyl (C=O) groups excluding carboxylic acids is 2. The first-order valence-corrected chi connectivity index (χ1v) is 14.6. The Morgan fingerprint density at radius 3 is 2.29 bits per heavy atom.